The van der Waals surface area contributed by atoms with Gasteiger partial charge in [-0.25, -0.2) is 19.3 Å². The number of aromatic nitrogens is 7. The van der Waals surface area contributed by atoms with Gasteiger partial charge in [0.1, 0.15) is 23.4 Å². The third-order valence-corrected chi connectivity index (χ3v) is 6.99. The van der Waals surface area contributed by atoms with Crippen LogP contribution >= 0.6 is 0 Å². The number of pyridine rings is 1. The minimum absolute atomic E-state index is 0.0644. The van der Waals surface area contributed by atoms with Crippen LogP contribution in [0.3, 0.4) is 0 Å². The lowest BCUT2D eigenvalue weighted by atomic mass is 9.91. The average molecular weight is 500 g/mol. The van der Waals surface area contributed by atoms with Gasteiger partial charge in [0, 0.05) is 51.0 Å². The van der Waals surface area contributed by atoms with E-state index in [4.69, 9.17) is 0 Å². The van der Waals surface area contributed by atoms with Crippen molar-refractivity contribution in [2.75, 3.05) is 31.1 Å². The number of amides is 1. The number of H-pyrrole nitrogens is 1. The second kappa shape index (κ2) is 9.23. The van der Waals surface area contributed by atoms with E-state index in [0.29, 0.717) is 54.8 Å². The number of imidazole rings is 1. The molecule has 5 aromatic rings. The normalized spacial score (nSPS) is 15.0. The molecule has 1 aliphatic heterocycles. The smallest absolute Gasteiger partial charge is 0.274 e. The van der Waals surface area contributed by atoms with Gasteiger partial charge in [-0.3, -0.25) is 14.5 Å². The molecule has 5 heterocycles. The highest BCUT2D eigenvalue weighted by atomic mass is 19.1. The molecule has 188 valence electrons. The van der Waals surface area contributed by atoms with Crippen LogP contribution in [0, 0.1) is 5.82 Å². The van der Waals surface area contributed by atoms with Crippen LogP contribution in [0.25, 0.3) is 22.1 Å². The number of piperazine rings is 1. The number of fused-ring (bicyclic) bond motifs is 2. The average Bonchev–Trinajstić information content (AvgIpc) is 3.58. The Balaban J connectivity index is 1.33. The van der Waals surface area contributed by atoms with Gasteiger partial charge >= 0.3 is 0 Å². The molecule has 37 heavy (non-hydrogen) atoms. The Bertz CT molecular complexity index is 1600. The summed E-state index contributed by atoms with van der Waals surface area (Å²) in [6, 6.07) is 6.86. The minimum atomic E-state index is -0.299. The number of nitrogens with one attached hydrogen (secondary N) is 1. The maximum Gasteiger partial charge on any atom is 0.274 e. The van der Waals surface area contributed by atoms with Crippen molar-refractivity contribution in [3.8, 4) is 0 Å². The van der Waals surface area contributed by atoms with Crippen LogP contribution in [0.15, 0.2) is 49.3 Å². The first kappa shape index (κ1) is 23.0. The number of carbonyl (C=O) groups excluding carboxylic acids is 1. The molecule has 0 bridgehead atoms. The zero-order chi connectivity index (χ0) is 25.5. The molecule has 1 fully saturated rings. The first-order valence-electron chi connectivity index (χ1n) is 12.2. The molecule has 0 radical (unpaired) electrons. The van der Waals surface area contributed by atoms with Crippen LogP contribution in [0.4, 0.5) is 10.1 Å². The highest BCUT2D eigenvalue weighted by Crippen LogP contribution is 2.38. The summed E-state index contributed by atoms with van der Waals surface area (Å²) in [4.78, 5) is 37.6. The van der Waals surface area contributed by atoms with E-state index in [1.807, 2.05) is 4.90 Å². The van der Waals surface area contributed by atoms with Gasteiger partial charge in [0.25, 0.3) is 5.91 Å². The van der Waals surface area contributed by atoms with E-state index in [2.05, 4.69) is 41.8 Å². The lowest BCUT2D eigenvalue weighted by molar-refractivity contribution is 0.0740. The molecule has 1 amide bonds. The number of halogens is 1. The van der Waals surface area contributed by atoms with E-state index in [-0.39, 0.29) is 17.6 Å². The molecule has 1 aromatic carbocycles. The van der Waals surface area contributed by atoms with Crippen molar-refractivity contribution in [2.24, 2.45) is 7.05 Å². The number of rotatable bonds is 5. The molecule has 4 aromatic heterocycles. The van der Waals surface area contributed by atoms with Crippen LogP contribution in [-0.4, -0.2) is 71.7 Å². The zero-order valence-corrected chi connectivity index (χ0v) is 20.6. The summed E-state index contributed by atoms with van der Waals surface area (Å²) in [5, 5.41) is 4.74. The van der Waals surface area contributed by atoms with Crippen molar-refractivity contribution in [1.29, 1.82) is 0 Å². The van der Waals surface area contributed by atoms with Gasteiger partial charge in [-0.2, -0.15) is 5.10 Å². The Hall–Kier alpha value is -4.41. The van der Waals surface area contributed by atoms with E-state index in [1.54, 1.807) is 54.7 Å². The van der Waals surface area contributed by atoms with E-state index >= 15 is 4.39 Å². The van der Waals surface area contributed by atoms with Crippen molar-refractivity contribution in [1.82, 2.24) is 39.6 Å². The van der Waals surface area contributed by atoms with Crippen LogP contribution in [0.2, 0.25) is 0 Å². The molecule has 1 aliphatic rings. The minimum Gasteiger partial charge on any atom is -0.366 e. The summed E-state index contributed by atoms with van der Waals surface area (Å²) in [5.41, 5.74) is 5.06. The van der Waals surface area contributed by atoms with E-state index in [9.17, 15) is 4.79 Å². The van der Waals surface area contributed by atoms with Crippen molar-refractivity contribution < 1.29 is 9.18 Å². The highest BCUT2D eigenvalue weighted by Gasteiger charge is 2.28. The summed E-state index contributed by atoms with van der Waals surface area (Å²) in [5.74, 6) is -0.444. The molecule has 1 atom stereocenters. The number of hydrogen-bond donors (Lipinski definition) is 1. The number of benzene rings is 1. The van der Waals surface area contributed by atoms with Gasteiger partial charge < -0.3 is 14.8 Å². The standard InChI is InChI=1S/C26H26FN9O/c1-16(12-21-23-25(31-14-29-21)32-15-30-23)18-13-19(27)17-4-3-6-28-22(17)24(18)35-8-10-36(11-9-35)26(37)20-5-7-34(2)33-20/h3-7,13-16H,8-12H2,1-2H3,(H,29,30,31,32). The number of nitrogens with zero attached hydrogens (tertiary/aromatic N) is 8. The fraction of sp³-hybridized carbons (Fsp3) is 0.308. The van der Waals surface area contributed by atoms with E-state index < -0.39 is 0 Å². The van der Waals surface area contributed by atoms with Crippen molar-refractivity contribution in [3.63, 3.8) is 0 Å². The third kappa shape index (κ3) is 4.15. The van der Waals surface area contributed by atoms with Gasteiger partial charge in [-0.05, 0) is 42.2 Å². The monoisotopic (exact) mass is 499 g/mol. The summed E-state index contributed by atoms with van der Waals surface area (Å²) < 4.78 is 16.9. The highest BCUT2D eigenvalue weighted by molar-refractivity contribution is 5.94. The quantitative estimate of drug-likeness (QED) is 0.396. The molecular weight excluding hydrogens is 473 g/mol. The molecule has 6 rings (SSSR count). The SMILES string of the molecule is CC(Cc1ncnc2nc[nH]c12)c1cc(F)c2cccnc2c1N1CCN(C(=O)c2ccn(C)n2)CC1. The first-order chi connectivity index (χ1) is 18.0. The fourth-order valence-electron chi connectivity index (χ4n) is 5.11. The zero-order valence-electron chi connectivity index (χ0n) is 20.6. The number of aromatic amines is 1. The maximum atomic E-state index is 15.3. The Kier molecular flexibility index (Phi) is 5.74. The predicted octanol–water partition coefficient (Wildman–Crippen LogP) is 3.08. The van der Waals surface area contributed by atoms with Crippen LogP contribution in [0.5, 0.6) is 0 Å². The molecule has 0 spiro atoms. The Labute approximate surface area is 212 Å². The molecule has 1 unspecified atom stereocenters. The summed E-state index contributed by atoms with van der Waals surface area (Å²) in [6.45, 7) is 4.35. The molecule has 0 aliphatic carbocycles. The number of carbonyl (C=O) groups is 1. The van der Waals surface area contributed by atoms with Crippen LogP contribution in [0.1, 0.15) is 34.6 Å². The van der Waals surface area contributed by atoms with E-state index in [0.717, 1.165) is 22.5 Å². The van der Waals surface area contributed by atoms with Gasteiger partial charge in [0.2, 0.25) is 0 Å². The van der Waals surface area contributed by atoms with Crippen molar-refractivity contribution in [3.05, 3.63) is 72.1 Å². The first-order valence-corrected chi connectivity index (χ1v) is 12.2. The van der Waals surface area contributed by atoms with Crippen molar-refractivity contribution >= 4 is 33.7 Å². The number of anilines is 1. The Morgan fingerprint density at radius 3 is 2.76 bits per heavy atom. The second-order valence-electron chi connectivity index (χ2n) is 9.38. The summed E-state index contributed by atoms with van der Waals surface area (Å²) in [7, 11) is 1.79. The number of aryl methyl sites for hydroxylation is 1. The van der Waals surface area contributed by atoms with Crippen LogP contribution in [-0.2, 0) is 13.5 Å². The maximum absolute atomic E-state index is 15.3. The Morgan fingerprint density at radius 1 is 1.14 bits per heavy atom. The summed E-state index contributed by atoms with van der Waals surface area (Å²) in [6.07, 6.45) is 7.14. The number of hydrogen-bond acceptors (Lipinski definition) is 7. The predicted molar refractivity (Wildman–Crippen MR) is 137 cm³/mol. The molecule has 11 heteroatoms. The molecule has 1 saturated heterocycles. The molecule has 1 N–H and O–H groups in total. The molecule has 10 nitrogen and oxygen atoms in total. The van der Waals surface area contributed by atoms with Gasteiger partial charge in [0.05, 0.1) is 23.2 Å². The Morgan fingerprint density at radius 2 is 1.97 bits per heavy atom. The lowest BCUT2D eigenvalue weighted by Gasteiger charge is -2.37. The topological polar surface area (TPSA) is 109 Å². The lowest BCUT2D eigenvalue weighted by Crippen LogP contribution is -2.49. The molecular formula is C26H26FN9O. The van der Waals surface area contributed by atoms with Gasteiger partial charge in [0.15, 0.2) is 5.65 Å². The molecule has 0 saturated carbocycles. The largest absolute Gasteiger partial charge is 0.366 e. The third-order valence-electron chi connectivity index (χ3n) is 6.99. The van der Waals surface area contributed by atoms with Gasteiger partial charge in [-0.1, -0.05) is 6.92 Å². The second-order valence-corrected chi connectivity index (χ2v) is 9.38. The van der Waals surface area contributed by atoms with E-state index in [1.165, 1.54) is 6.33 Å². The van der Waals surface area contributed by atoms with Crippen molar-refractivity contribution in [2.45, 2.75) is 19.3 Å². The van der Waals surface area contributed by atoms with Crippen LogP contribution < -0.4 is 4.90 Å². The summed E-state index contributed by atoms with van der Waals surface area (Å²) >= 11 is 0. The fourth-order valence-corrected chi connectivity index (χ4v) is 5.11. The van der Waals surface area contributed by atoms with Gasteiger partial charge in [-0.15, -0.1) is 0 Å².